The zero-order valence-corrected chi connectivity index (χ0v) is 18.7. The van der Waals surface area contributed by atoms with Gasteiger partial charge in [-0.1, -0.05) is 0 Å². The number of rotatable bonds is 5. The van der Waals surface area contributed by atoms with Gasteiger partial charge in [-0.2, -0.15) is 5.10 Å². The van der Waals surface area contributed by atoms with Crippen molar-refractivity contribution in [2.24, 2.45) is 0 Å². The Hall–Kier alpha value is -2.94. The molecule has 0 radical (unpaired) electrons. The predicted octanol–water partition coefficient (Wildman–Crippen LogP) is 2.71. The van der Waals surface area contributed by atoms with Crippen molar-refractivity contribution in [1.29, 1.82) is 0 Å². The molecule has 1 atom stereocenters. The van der Waals surface area contributed by atoms with E-state index in [-0.39, 0.29) is 6.04 Å². The first kappa shape index (κ1) is 20.0. The lowest BCUT2D eigenvalue weighted by molar-refractivity contribution is 0.306. The number of fused-ring (bicyclic) bond motifs is 3. The molecule has 5 heterocycles. The van der Waals surface area contributed by atoms with Gasteiger partial charge in [0.15, 0.2) is 5.82 Å². The van der Waals surface area contributed by atoms with E-state index in [9.17, 15) is 0 Å². The predicted molar refractivity (Wildman–Crippen MR) is 119 cm³/mol. The lowest BCUT2D eigenvalue weighted by Crippen LogP contribution is -2.38. The number of likely N-dealkylation sites (N-methyl/N-ethyl adjacent to an activating group) is 1. The van der Waals surface area contributed by atoms with Crippen LogP contribution >= 0.6 is 0 Å². The third-order valence-electron chi connectivity index (χ3n) is 6.00. The van der Waals surface area contributed by atoms with Crippen molar-refractivity contribution in [2.45, 2.75) is 45.3 Å². The van der Waals surface area contributed by atoms with Gasteiger partial charge >= 0.3 is 0 Å². The quantitative estimate of drug-likeness (QED) is 0.626. The maximum absolute atomic E-state index is 6.13. The standard InChI is InChI=1S/C22H30N8O/c1-15(2)30-22(24-14-25-30)18-13-28-8-9-31-19-10-20(23-11-17(19)21(28)26-18)29-7-5-6-16(29)12-27(3)4/h10-11,13-16H,5-9,12H2,1-4H3/t16-/m0/s1. The molecule has 0 bridgehead atoms. The topological polar surface area (TPSA) is 77.1 Å². The highest BCUT2D eigenvalue weighted by Gasteiger charge is 2.28. The number of aromatic nitrogens is 6. The van der Waals surface area contributed by atoms with Gasteiger partial charge in [0.2, 0.25) is 0 Å². The molecule has 0 aromatic carbocycles. The van der Waals surface area contributed by atoms with Gasteiger partial charge in [0.05, 0.1) is 12.1 Å². The summed E-state index contributed by atoms with van der Waals surface area (Å²) in [4.78, 5) is 18.9. The largest absolute Gasteiger partial charge is 0.491 e. The Morgan fingerprint density at radius 1 is 1.19 bits per heavy atom. The molecule has 1 fully saturated rings. The fourth-order valence-electron chi connectivity index (χ4n) is 4.59. The Bertz CT molecular complexity index is 1070. The second-order valence-electron chi connectivity index (χ2n) is 8.90. The summed E-state index contributed by atoms with van der Waals surface area (Å²) < 4.78 is 10.2. The molecule has 9 nitrogen and oxygen atoms in total. The average Bonchev–Trinajstić information content (AvgIpc) is 3.45. The monoisotopic (exact) mass is 422 g/mol. The van der Waals surface area contributed by atoms with Crippen molar-refractivity contribution < 1.29 is 4.74 Å². The lowest BCUT2D eigenvalue weighted by atomic mass is 10.2. The van der Waals surface area contributed by atoms with Crippen molar-refractivity contribution in [3.05, 3.63) is 24.8 Å². The van der Waals surface area contributed by atoms with Gasteiger partial charge in [-0.25, -0.2) is 19.6 Å². The molecule has 164 valence electrons. The molecule has 0 spiro atoms. The molecular weight excluding hydrogens is 392 g/mol. The SMILES string of the molecule is CC(C)n1ncnc1-c1cn2c(n1)-c1cnc(N3CCC[C@H]3CN(C)C)cc1OCC2. The minimum atomic E-state index is 0.217. The molecule has 0 unspecified atom stereocenters. The Labute approximate surface area is 182 Å². The van der Waals surface area contributed by atoms with Gasteiger partial charge in [0.25, 0.3) is 0 Å². The minimum absolute atomic E-state index is 0.217. The van der Waals surface area contributed by atoms with E-state index in [1.54, 1.807) is 6.33 Å². The van der Waals surface area contributed by atoms with Crippen LogP contribution in [0, 0.1) is 0 Å². The van der Waals surface area contributed by atoms with Gasteiger partial charge in [0, 0.05) is 43.6 Å². The molecule has 9 heteroatoms. The van der Waals surface area contributed by atoms with E-state index in [4.69, 9.17) is 14.7 Å². The summed E-state index contributed by atoms with van der Waals surface area (Å²) in [5.74, 6) is 3.49. The van der Waals surface area contributed by atoms with E-state index in [2.05, 4.69) is 58.5 Å². The molecule has 5 rings (SSSR count). The van der Waals surface area contributed by atoms with Crippen LogP contribution < -0.4 is 9.64 Å². The number of hydrogen-bond acceptors (Lipinski definition) is 7. The van der Waals surface area contributed by atoms with Crippen LogP contribution in [0.4, 0.5) is 5.82 Å². The number of nitrogens with zero attached hydrogens (tertiary/aromatic N) is 8. The molecule has 1 saturated heterocycles. The number of pyridine rings is 1. The zero-order valence-electron chi connectivity index (χ0n) is 18.7. The van der Waals surface area contributed by atoms with E-state index in [0.717, 1.165) is 54.1 Å². The summed E-state index contributed by atoms with van der Waals surface area (Å²) in [6, 6.07) is 2.79. The summed E-state index contributed by atoms with van der Waals surface area (Å²) in [7, 11) is 4.25. The first-order chi connectivity index (χ1) is 15.0. The highest BCUT2D eigenvalue weighted by Crippen LogP contribution is 2.36. The van der Waals surface area contributed by atoms with Crippen molar-refractivity contribution in [3.8, 4) is 28.7 Å². The summed E-state index contributed by atoms with van der Waals surface area (Å²) in [5.41, 5.74) is 1.75. The Kier molecular flexibility index (Phi) is 5.13. The normalized spacial score (nSPS) is 18.3. The molecular formula is C22H30N8O. The molecule has 31 heavy (non-hydrogen) atoms. The average molecular weight is 423 g/mol. The molecule has 2 aliphatic rings. The van der Waals surface area contributed by atoms with Crippen LogP contribution in [0.1, 0.15) is 32.7 Å². The Balaban J connectivity index is 1.50. The minimum Gasteiger partial charge on any atom is -0.491 e. The van der Waals surface area contributed by atoms with Crippen LogP contribution in [0.25, 0.3) is 22.9 Å². The van der Waals surface area contributed by atoms with Gasteiger partial charge in [0.1, 0.15) is 36.0 Å². The van der Waals surface area contributed by atoms with E-state index in [1.807, 2.05) is 17.1 Å². The fraction of sp³-hybridized carbons (Fsp3) is 0.545. The van der Waals surface area contributed by atoms with Gasteiger partial charge in [-0.05, 0) is 40.8 Å². The van der Waals surface area contributed by atoms with Crippen LogP contribution in [0.15, 0.2) is 24.8 Å². The highest BCUT2D eigenvalue weighted by atomic mass is 16.5. The lowest BCUT2D eigenvalue weighted by Gasteiger charge is -2.28. The third kappa shape index (κ3) is 3.67. The third-order valence-corrected chi connectivity index (χ3v) is 6.00. The number of hydrogen-bond donors (Lipinski definition) is 0. The molecule has 0 aliphatic carbocycles. The van der Waals surface area contributed by atoms with Crippen LogP contribution in [0.2, 0.25) is 0 Å². The van der Waals surface area contributed by atoms with Gasteiger partial charge in [-0.3, -0.25) is 0 Å². The van der Waals surface area contributed by atoms with Gasteiger partial charge < -0.3 is 19.1 Å². The fourth-order valence-corrected chi connectivity index (χ4v) is 4.59. The Morgan fingerprint density at radius 2 is 2.06 bits per heavy atom. The van der Waals surface area contributed by atoms with Crippen LogP contribution in [0.5, 0.6) is 5.75 Å². The van der Waals surface area contributed by atoms with Crippen molar-refractivity contribution in [2.75, 3.05) is 38.7 Å². The first-order valence-corrected chi connectivity index (χ1v) is 11.0. The number of anilines is 1. The number of imidazole rings is 1. The Morgan fingerprint density at radius 3 is 2.87 bits per heavy atom. The maximum Gasteiger partial charge on any atom is 0.178 e. The van der Waals surface area contributed by atoms with Crippen molar-refractivity contribution in [3.63, 3.8) is 0 Å². The highest BCUT2D eigenvalue weighted by molar-refractivity contribution is 5.69. The second kappa shape index (κ2) is 7.96. The molecule has 3 aromatic rings. The summed E-state index contributed by atoms with van der Waals surface area (Å²) in [5, 5.41) is 4.35. The van der Waals surface area contributed by atoms with Crippen LogP contribution in [-0.4, -0.2) is 74.0 Å². The van der Waals surface area contributed by atoms with E-state index in [0.29, 0.717) is 12.6 Å². The van der Waals surface area contributed by atoms with Gasteiger partial charge in [-0.15, -0.1) is 0 Å². The van der Waals surface area contributed by atoms with E-state index < -0.39 is 0 Å². The summed E-state index contributed by atoms with van der Waals surface area (Å²) in [6.07, 6.45) is 7.94. The smallest absolute Gasteiger partial charge is 0.178 e. The summed E-state index contributed by atoms with van der Waals surface area (Å²) >= 11 is 0. The molecule has 2 aliphatic heterocycles. The molecule has 0 saturated carbocycles. The zero-order chi connectivity index (χ0) is 21.5. The summed E-state index contributed by atoms with van der Waals surface area (Å²) in [6.45, 7) is 7.58. The molecule has 3 aromatic heterocycles. The first-order valence-electron chi connectivity index (χ1n) is 11.0. The molecule has 0 amide bonds. The number of ether oxygens (including phenoxy) is 1. The second-order valence-corrected chi connectivity index (χ2v) is 8.90. The van der Waals surface area contributed by atoms with Crippen LogP contribution in [0.3, 0.4) is 0 Å². The van der Waals surface area contributed by atoms with Crippen LogP contribution in [-0.2, 0) is 6.54 Å². The van der Waals surface area contributed by atoms with E-state index >= 15 is 0 Å². The van der Waals surface area contributed by atoms with Crippen molar-refractivity contribution in [1.82, 2.24) is 34.2 Å². The van der Waals surface area contributed by atoms with E-state index in [1.165, 1.54) is 12.8 Å². The van der Waals surface area contributed by atoms with Crippen molar-refractivity contribution >= 4 is 5.82 Å². The maximum atomic E-state index is 6.13. The molecule has 0 N–H and O–H groups in total.